The monoisotopic (exact) mass is 330 g/mol. The number of nitrogens with two attached hydrogens (primary N) is 1. The Balaban J connectivity index is 1.91. The van der Waals surface area contributed by atoms with Crippen LogP contribution in [-0.2, 0) is 6.54 Å². The van der Waals surface area contributed by atoms with Gasteiger partial charge in [0, 0.05) is 23.5 Å². The first-order valence-corrected chi connectivity index (χ1v) is 7.11. The number of anilines is 2. The normalized spacial score (nSPS) is 10.9. The molecule has 0 aliphatic carbocycles. The van der Waals surface area contributed by atoms with Crippen molar-refractivity contribution in [3.8, 4) is 0 Å². The van der Waals surface area contributed by atoms with Crippen LogP contribution in [-0.4, -0.2) is 17.2 Å². The predicted octanol–water partition coefficient (Wildman–Crippen LogP) is 3.54. The minimum atomic E-state index is 0.761. The van der Waals surface area contributed by atoms with Crippen molar-refractivity contribution >= 4 is 38.2 Å². The molecule has 4 nitrogen and oxygen atoms in total. The maximum atomic E-state index is 6.14. The van der Waals surface area contributed by atoms with Crippen LogP contribution < -0.4 is 10.6 Å². The van der Waals surface area contributed by atoms with Gasteiger partial charge in [0.1, 0.15) is 0 Å². The molecule has 0 aliphatic heterocycles. The van der Waals surface area contributed by atoms with Crippen LogP contribution in [0.5, 0.6) is 0 Å². The zero-order valence-electron chi connectivity index (χ0n) is 11.1. The molecule has 0 aliphatic rings. The Morgan fingerprint density at radius 3 is 2.95 bits per heavy atom. The second-order valence-electron chi connectivity index (χ2n) is 4.85. The quantitative estimate of drug-likeness (QED) is 0.722. The molecule has 0 unspecified atom stereocenters. The van der Waals surface area contributed by atoms with Gasteiger partial charge in [-0.2, -0.15) is 5.10 Å². The summed E-state index contributed by atoms with van der Waals surface area (Å²) in [6.07, 6.45) is 1.78. The van der Waals surface area contributed by atoms with Crippen molar-refractivity contribution in [1.82, 2.24) is 10.2 Å². The summed E-state index contributed by atoms with van der Waals surface area (Å²) in [5.74, 6) is 0. The number of benzene rings is 2. The van der Waals surface area contributed by atoms with E-state index in [1.54, 1.807) is 6.20 Å². The summed E-state index contributed by atoms with van der Waals surface area (Å²) in [5.41, 5.74) is 10.1. The van der Waals surface area contributed by atoms with E-state index >= 15 is 0 Å². The zero-order chi connectivity index (χ0) is 14.1. The van der Waals surface area contributed by atoms with E-state index in [1.165, 1.54) is 5.56 Å². The fraction of sp³-hybridized carbons (Fsp3) is 0.133. The van der Waals surface area contributed by atoms with Crippen molar-refractivity contribution in [2.24, 2.45) is 0 Å². The number of aromatic nitrogens is 2. The molecule has 5 heteroatoms. The van der Waals surface area contributed by atoms with E-state index in [0.717, 1.165) is 33.3 Å². The molecule has 3 N–H and O–H groups in total. The number of rotatable bonds is 3. The number of aromatic amines is 1. The van der Waals surface area contributed by atoms with Crippen LogP contribution in [0.2, 0.25) is 0 Å². The van der Waals surface area contributed by atoms with Gasteiger partial charge in [-0.1, -0.05) is 28.1 Å². The Kier molecular flexibility index (Phi) is 3.36. The number of fused-ring (bicyclic) bond motifs is 1. The maximum Gasteiger partial charge on any atom is 0.0672 e. The van der Waals surface area contributed by atoms with Crippen molar-refractivity contribution < 1.29 is 0 Å². The van der Waals surface area contributed by atoms with E-state index in [1.807, 2.05) is 31.3 Å². The number of H-pyrrole nitrogens is 1. The van der Waals surface area contributed by atoms with Gasteiger partial charge in [-0.25, -0.2) is 0 Å². The van der Waals surface area contributed by atoms with Gasteiger partial charge in [0.05, 0.1) is 23.1 Å². The van der Waals surface area contributed by atoms with Crippen molar-refractivity contribution in [2.75, 3.05) is 17.7 Å². The second-order valence-corrected chi connectivity index (χ2v) is 5.77. The average Bonchev–Trinajstić information content (AvgIpc) is 2.84. The highest BCUT2D eigenvalue weighted by Crippen LogP contribution is 2.28. The highest BCUT2D eigenvalue weighted by molar-refractivity contribution is 9.10. The number of nitrogens with zero attached hydrogens (tertiary/aromatic N) is 2. The third-order valence-electron chi connectivity index (χ3n) is 3.31. The van der Waals surface area contributed by atoms with E-state index in [-0.39, 0.29) is 0 Å². The van der Waals surface area contributed by atoms with Crippen LogP contribution in [0.3, 0.4) is 0 Å². The highest BCUT2D eigenvalue weighted by atomic mass is 79.9. The molecule has 102 valence electrons. The highest BCUT2D eigenvalue weighted by Gasteiger charge is 2.09. The lowest BCUT2D eigenvalue weighted by Crippen LogP contribution is -2.17. The first-order valence-electron chi connectivity index (χ1n) is 6.31. The molecule has 20 heavy (non-hydrogen) atoms. The van der Waals surface area contributed by atoms with Crippen LogP contribution in [0.25, 0.3) is 10.9 Å². The summed E-state index contributed by atoms with van der Waals surface area (Å²) in [6.45, 7) is 0.795. The lowest BCUT2D eigenvalue weighted by Gasteiger charge is -2.21. The molecule has 0 spiro atoms. The Morgan fingerprint density at radius 2 is 2.15 bits per heavy atom. The van der Waals surface area contributed by atoms with Gasteiger partial charge in [0.15, 0.2) is 0 Å². The van der Waals surface area contributed by atoms with E-state index in [0.29, 0.717) is 0 Å². The molecule has 3 aromatic rings. The molecule has 3 rings (SSSR count). The van der Waals surface area contributed by atoms with Gasteiger partial charge in [-0.3, -0.25) is 5.10 Å². The summed E-state index contributed by atoms with van der Waals surface area (Å²) in [6, 6.07) is 12.3. The Labute approximate surface area is 125 Å². The number of hydrogen-bond acceptors (Lipinski definition) is 3. The Hall–Kier alpha value is -2.01. The van der Waals surface area contributed by atoms with E-state index < -0.39 is 0 Å². The molecule has 0 radical (unpaired) electrons. The molecule has 0 saturated heterocycles. The van der Waals surface area contributed by atoms with Gasteiger partial charge in [0.2, 0.25) is 0 Å². The lowest BCUT2D eigenvalue weighted by atomic mass is 10.1. The molecule has 1 aromatic heterocycles. The predicted molar refractivity (Wildman–Crippen MR) is 86.8 cm³/mol. The lowest BCUT2D eigenvalue weighted by molar-refractivity contribution is 0.924. The molecular formula is C15H15BrN4. The second kappa shape index (κ2) is 5.17. The Bertz CT molecular complexity index is 750. The smallest absolute Gasteiger partial charge is 0.0672 e. The van der Waals surface area contributed by atoms with Crippen LogP contribution >= 0.6 is 15.9 Å². The minimum Gasteiger partial charge on any atom is -0.397 e. The van der Waals surface area contributed by atoms with Gasteiger partial charge in [-0.05, 0) is 29.8 Å². The van der Waals surface area contributed by atoms with Gasteiger partial charge < -0.3 is 10.6 Å². The molecule has 0 amide bonds. The topological polar surface area (TPSA) is 57.9 Å². The fourth-order valence-corrected chi connectivity index (χ4v) is 2.77. The van der Waals surface area contributed by atoms with Gasteiger partial charge in [-0.15, -0.1) is 0 Å². The summed E-state index contributed by atoms with van der Waals surface area (Å²) in [5, 5.41) is 8.04. The SMILES string of the molecule is CN(Cc1cccc(Br)c1)c1cc2[nH]ncc2cc1N. The first kappa shape index (κ1) is 13.0. The van der Waals surface area contributed by atoms with Crippen molar-refractivity contribution in [3.05, 3.63) is 52.6 Å². The third-order valence-corrected chi connectivity index (χ3v) is 3.80. The van der Waals surface area contributed by atoms with Gasteiger partial charge in [0.25, 0.3) is 0 Å². The molecule has 0 saturated carbocycles. The zero-order valence-corrected chi connectivity index (χ0v) is 12.7. The number of nitrogens with one attached hydrogen (secondary N) is 1. The molecule has 0 atom stereocenters. The summed E-state index contributed by atoms with van der Waals surface area (Å²) in [4.78, 5) is 2.14. The van der Waals surface area contributed by atoms with E-state index in [2.05, 4.69) is 43.2 Å². The van der Waals surface area contributed by atoms with E-state index in [4.69, 9.17) is 5.73 Å². The van der Waals surface area contributed by atoms with Crippen LogP contribution in [0.1, 0.15) is 5.56 Å². The average molecular weight is 331 g/mol. The van der Waals surface area contributed by atoms with Crippen molar-refractivity contribution in [3.63, 3.8) is 0 Å². The molecule has 1 heterocycles. The fourth-order valence-electron chi connectivity index (χ4n) is 2.32. The minimum absolute atomic E-state index is 0.761. The summed E-state index contributed by atoms with van der Waals surface area (Å²) in [7, 11) is 2.04. The molecule has 2 aromatic carbocycles. The number of nitrogen functional groups attached to an aromatic ring is 1. The Morgan fingerprint density at radius 1 is 1.30 bits per heavy atom. The maximum absolute atomic E-state index is 6.14. The summed E-state index contributed by atoms with van der Waals surface area (Å²) >= 11 is 3.49. The number of hydrogen-bond donors (Lipinski definition) is 2. The van der Waals surface area contributed by atoms with Crippen molar-refractivity contribution in [1.29, 1.82) is 0 Å². The standard InChI is InChI=1S/C15H15BrN4/c1-20(9-10-3-2-4-12(16)5-10)15-7-14-11(6-13(15)17)8-18-19-14/h2-8H,9,17H2,1H3,(H,18,19). The van der Waals surface area contributed by atoms with E-state index in [9.17, 15) is 0 Å². The molecule has 0 bridgehead atoms. The third kappa shape index (κ3) is 2.49. The van der Waals surface area contributed by atoms with Crippen LogP contribution in [0.15, 0.2) is 47.1 Å². The van der Waals surface area contributed by atoms with Gasteiger partial charge >= 0.3 is 0 Å². The van der Waals surface area contributed by atoms with Crippen LogP contribution in [0, 0.1) is 0 Å². The first-order chi connectivity index (χ1) is 9.63. The van der Waals surface area contributed by atoms with Crippen molar-refractivity contribution in [2.45, 2.75) is 6.54 Å². The van der Waals surface area contributed by atoms with Crippen LogP contribution in [0.4, 0.5) is 11.4 Å². The molecule has 0 fully saturated rings. The largest absolute Gasteiger partial charge is 0.397 e. The number of halogens is 1. The summed E-state index contributed by atoms with van der Waals surface area (Å²) < 4.78 is 1.08. The molecular weight excluding hydrogens is 316 g/mol.